The van der Waals surface area contributed by atoms with Crippen LogP contribution in [-0.4, -0.2) is 18.7 Å². The Labute approximate surface area is 140 Å². The first-order valence-corrected chi connectivity index (χ1v) is 7.59. The molecule has 3 nitrogen and oxygen atoms in total. The van der Waals surface area contributed by atoms with E-state index in [9.17, 15) is 9.59 Å². The molecule has 0 unspecified atom stereocenters. The Morgan fingerprint density at radius 2 is 1.12 bits per heavy atom. The summed E-state index contributed by atoms with van der Waals surface area (Å²) in [4.78, 5) is 25.7. The van der Waals surface area contributed by atoms with Gasteiger partial charge in [0.05, 0.1) is 12.7 Å². The van der Waals surface area contributed by atoms with Gasteiger partial charge in [-0.3, -0.25) is 9.59 Å². The van der Waals surface area contributed by atoms with Crippen LogP contribution in [0.2, 0.25) is 0 Å². The smallest absolute Gasteiger partial charge is 0.197 e. The Kier molecular flexibility index (Phi) is 4.52. The van der Waals surface area contributed by atoms with Gasteiger partial charge in [-0.2, -0.15) is 0 Å². The predicted octanol–water partition coefficient (Wildman–Crippen LogP) is 4.16. The average molecular weight is 316 g/mol. The average Bonchev–Trinajstić information content (AvgIpc) is 2.67. The van der Waals surface area contributed by atoms with Gasteiger partial charge in [0.15, 0.2) is 11.6 Å². The van der Waals surface area contributed by atoms with Crippen molar-refractivity contribution in [2.24, 2.45) is 0 Å². The first kappa shape index (κ1) is 15.7. The van der Waals surface area contributed by atoms with E-state index in [4.69, 9.17) is 4.74 Å². The lowest BCUT2D eigenvalue weighted by molar-refractivity contribution is 0.100. The second-order valence-electron chi connectivity index (χ2n) is 5.27. The van der Waals surface area contributed by atoms with Crippen LogP contribution >= 0.6 is 0 Å². The highest BCUT2D eigenvalue weighted by atomic mass is 16.5. The molecule has 0 amide bonds. The van der Waals surface area contributed by atoms with Gasteiger partial charge >= 0.3 is 0 Å². The summed E-state index contributed by atoms with van der Waals surface area (Å²) < 4.78 is 5.27. The van der Waals surface area contributed by atoms with Crippen LogP contribution in [0, 0.1) is 0 Å². The summed E-state index contributed by atoms with van der Waals surface area (Å²) in [5.41, 5.74) is 1.75. The minimum atomic E-state index is -0.229. The summed E-state index contributed by atoms with van der Waals surface area (Å²) >= 11 is 0. The molecule has 0 aliphatic rings. The van der Waals surface area contributed by atoms with Crippen molar-refractivity contribution in [1.82, 2.24) is 0 Å². The number of para-hydroxylation sites is 1. The summed E-state index contributed by atoms with van der Waals surface area (Å²) in [7, 11) is 1.52. The number of hydrogen-bond acceptors (Lipinski definition) is 3. The fourth-order valence-electron chi connectivity index (χ4n) is 2.60. The van der Waals surface area contributed by atoms with Crippen LogP contribution in [0.4, 0.5) is 0 Å². The number of ether oxygens (including phenoxy) is 1. The molecule has 0 aromatic heterocycles. The highest BCUT2D eigenvalue weighted by molar-refractivity contribution is 6.20. The lowest BCUT2D eigenvalue weighted by Gasteiger charge is -2.10. The molecule has 0 aliphatic carbocycles. The molecule has 3 heteroatoms. The van der Waals surface area contributed by atoms with Crippen molar-refractivity contribution < 1.29 is 14.3 Å². The zero-order chi connectivity index (χ0) is 16.9. The molecule has 3 aromatic carbocycles. The summed E-state index contributed by atoms with van der Waals surface area (Å²) in [5.74, 6) is 0.0891. The van der Waals surface area contributed by atoms with Gasteiger partial charge in [-0.05, 0) is 12.1 Å². The molecule has 0 saturated heterocycles. The molecule has 118 valence electrons. The van der Waals surface area contributed by atoms with Gasteiger partial charge in [0.1, 0.15) is 5.75 Å². The largest absolute Gasteiger partial charge is 0.496 e. The van der Waals surface area contributed by atoms with Crippen molar-refractivity contribution in [2.45, 2.75) is 0 Å². The quantitative estimate of drug-likeness (QED) is 0.664. The molecule has 0 radical (unpaired) electrons. The second-order valence-corrected chi connectivity index (χ2v) is 5.27. The van der Waals surface area contributed by atoms with E-state index in [-0.39, 0.29) is 11.6 Å². The number of hydrogen-bond donors (Lipinski definition) is 0. The molecule has 3 aromatic rings. The first-order chi connectivity index (χ1) is 11.7. The van der Waals surface area contributed by atoms with Crippen LogP contribution in [0.3, 0.4) is 0 Å². The Morgan fingerprint density at radius 1 is 0.625 bits per heavy atom. The third-order valence-corrected chi connectivity index (χ3v) is 3.80. The van der Waals surface area contributed by atoms with E-state index in [1.54, 1.807) is 72.8 Å². The summed E-state index contributed by atoms with van der Waals surface area (Å²) in [6.07, 6.45) is 0. The summed E-state index contributed by atoms with van der Waals surface area (Å²) in [5, 5.41) is 0. The van der Waals surface area contributed by atoms with E-state index in [1.165, 1.54) is 7.11 Å². The van der Waals surface area contributed by atoms with Crippen LogP contribution in [0.1, 0.15) is 31.8 Å². The molecular formula is C21H16O3. The Morgan fingerprint density at radius 3 is 1.75 bits per heavy atom. The van der Waals surface area contributed by atoms with E-state index in [2.05, 4.69) is 0 Å². The molecule has 0 atom stereocenters. The van der Waals surface area contributed by atoms with E-state index in [1.807, 2.05) is 6.07 Å². The Hall–Kier alpha value is -3.20. The SMILES string of the molecule is COc1ccccc1C(=O)c1ccccc1C(=O)c1ccccc1. The molecule has 0 N–H and O–H groups in total. The van der Waals surface area contributed by atoms with Crippen LogP contribution in [0.25, 0.3) is 0 Å². The van der Waals surface area contributed by atoms with Crippen molar-refractivity contribution in [1.29, 1.82) is 0 Å². The maximum absolute atomic E-state index is 13.0. The first-order valence-electron chi connectivity index (χ1n) is 7.59. The Bertz CT molecular complexity index is 882. The third-order valence-electron chi connectivity index (χ3n) is 3.80. The normalized spacial score (nSPS) is 10.2. The monoisotopic (exact) mass is 316 g/mol. The van der Waals surface area contributed by atoms with Gasteiger partial charge in [-0.25, -0.2) is 0 Å². The summed E-state index contributed by atoms with van der Waals surface area (Å²) in [6.45, 7) is 0. The molecule has 0 bridgehead atoms. The maximum Gasteiger partial charge on any atom is 0.197 e. The van der Waals surface area contributed by atoms with Crippen molar-refractivity contribution >= 4 is 11.6 Å². The molecule has 24 heavy (non-hydrogen) atoms. The van der Waals surface area contributed by atoms with Gasteiger partial charge in [0.25, 0.3) is 0 Å². The van der Waals surface area contributed by atoms with Crippen molar-refractivity contribution in [2.75, 3.05) is 7.11 Å². The lowest BCUT2D eigenvalue weighted by atomic mass is 9.93. The fourth-order valence-corrected chi connectivity index (χ4v) is 2.60. The topological polar surface area (TPSA) is 43.4 Å². The van der Waals surface area contributed by atoms with E-state index < -0.39 is 0 Å². The fraction of sp³-hybridized carbons (Fsp3) is 0.0476. The maximum atomic E-state index is 13.0. The molecule has 0 aliphatic heterocycles. The third kappa shape index (κ3) is 2.97. The summed E-state index contributed by atoms with van der Waals surface area (Å²) in [6, 6.07) is 22.8. The standard InChI is InChI=1S/C21H16O3/c1-24-19-14-8-7-13-18(19)21(23)17-12-6-5-11-16(17)20(22)15-9-3-2-4-10-15/h2-14H,1H3. The lowest BCUT2D eigenvalue weighted by Crippen LogP contribution is -2.11. The van der Waals surface area contributed by atoms with Crippen LogP contribution in [0.5, 0.6) is 5.75 Å². The Balaban J connectivity index is 2.07. The molecule has 0 spiro atoms. The van der Waals surface area contributed by atoms with E-state index >= 15 is 0 Å². The predicted molar refractivity (Wildman–Crippen MR) is 92.7 cm³/mol. The number of benzene rings is 3. The van der Waals surface area contributed by atoms with Crippen molar-refractivity contribution in [3.63, 3.8) is 0 Å². The number of carbonyl (C=O) groups is 2. The van der Waals surface area contributed by atoms with Gasteiger partial charge in [-0.1, -0.05) is 66.7 Å². The number of methoxy groups -OCH3 is 1. The zero-order valence-electron chi connectivity index (χ0n) is 13.2. The van der Waals surface area contributed by atoms with E-state index in [0.29, 0.717) is 28.0 Å². The van der Waals surface area contributed by atoms with Gasteiger partial charge in [0.2, 0.25) is 0 Å². The molecule has 0 heterocycles. The van der Waals surface area contributed by atoms with E-state index in [0.717, 1.165) is 0 Å². The van der Waals surface area contributed by atoms with Gasteiger partial charge < -0.3 is 4.74 Å². The van der Waals surface area contributed by atoms with Crippen LogP contribution in [-0.2, 0) is 0 Å². The van der Waals surface area contributed by atoms with Crippen LogP contribution in [0.15, 0.2) is 78.9 Å². The highest BCUT2D eigenvalue weighted by Gasteiger charge is 2.21. The van der Waals surface area contributed by atoms with Gasteiger partial charge in [-0.15, -0.1) is 0 Å². The molecular weight excluding hydrogens is 300 g/mol. The number of ketones is 2. The van der Waals surface area contributed by atoms with Crippen molar-refractivity contribution in [3.8, 4) is 5.75 Å². The molecule has 3 rings (SSSR count). The molecule has 0 saturated carbocycles. The minimum absolute atomic E-state index is 0.172. The number of carbonyl (C=O) groups excluding carboxylic acids is 2. The van der Waals surface area contributed by atoms with Crippen LogP contribution < -0.4 is 4.74 Å². The second kappa shape index (κ2) is 6.92. The number of rotatable bonds is 5. The molecule has 0 fully saturated rings. The minimum Gasteiger partial charge on any atom is -0.496 e. The van der Waals surface area contributed by atoms with Gasteiger partial charge in [0, 0.05) is 16.7 Å². The van der Waals surface area contributed by atoms with Crippen molar-refractivity contribution in [3.05, 3.63) is 101 Å². The highest BCUT2D eigenvalue weighted by Crippen LogP contribution is 2.24. The zero-order valence-corrected chi connectivity index (χ0v) is 13.2.